The molecular weight excluding hydrogens is 278 g/mol. The lowest BCUT2D eigenvalue weighted by molar-refractivity contribution is 0.708. The monoisotopic (exact) mass is 303 g/mol. The number of rotatable bonds is 5. The average molecular weight is 304 g/mol. The third kappa shape index (κ3) is 5.18. The SMILES string of the molecule is CC.CCc1ccc(C(CNC)c2ccc(Cl)cc2)cc1. The van der Waals surface area contributed by atoms with Crippen LogP contribution in [0.25, 0.3) is 0 Å². The Morgan fingerprint density at radius 2 is 1.38 bits per heavy atom. The van der Waals surface area contributed by atoms with Gasteiger partial charge in [0.25, 0.3) is 0 Å². The van der Waals surface area contributed by atoms with Crippen molar-refractivity contribution in [2.45, 2.75) is 33.1 Å². The molecule has 1 unspecified atom stereocenters. The quantitative estimate of drug-likeness (QED) is 0.792. The fourth-order valence-electron chi connectivity index (χ4n) is 2.31. The van der Waals surface area contributed by atoms with Crippen LogP contribution in [-0.4, -0.2) is 13.6 Å². The highest BCUT2D eigenvalue weighted by Gasteiger charge is 2.13. The normalized spacial score (nSPS) is 11.5. The van der Waals surface area contributed by atoms with Gasteiger partial charge in [-0.1, -0.05) is 68.8 Å². The van der Waals surface area contributed by atoms with Crippen molar-refractivity contribution < 1.29 is 0 Å². The number of benzene rings is 2. The molecule has 0 spiro atoms. The largest absolute Gasteiger partial charge is 0.319 e. The van der Waals surface area contributed by atoms with E-state index in [1.54, 1.807) is 0 Å². The molecule has 2 aromatic carbocycles. The van der Waals surface area contributed by atoms with Crippen molar-refractivity contribution in [2.75, 3.05) is 13.6 Å². The first-order valence-electron chi connectivity index (χ1n) is 7.73. The van der Waals surface area contributed by atoms with Crippen LogP contribution in [0.2, 0.25) is 5.02 Å². The minimum atomic E-state index is 0.369. The fraction of sp³-hybridized carbons (Fsp3) is 0.368. The molecule has 2 heteroatoms. The molecule has 2 aromatic rings. The molecule has 0 bridgehead atoms. The third-order valence-electron chi connectivity index (χ3n) is 3.47. The van der Waals surface area contributed by atoms with Crippen LogP contribution in [0.3, 0.4) is 0 Å². The lowest BCUT2D eigenvalue weighted by Crippen LogP contribution is -2.18. The van der Waals surface area contributed by atoms with Crippen molar-refractivity contribution in [1.82, 2.24) is 5.32 Å². The number of hydrogen-bond acceptors (Lipinski definition) is 1. The standard InChI is InChI=1S/C17H20ClN.C2H6/c1-3-13-4-6-14(7-5-13)17(12-19-2)15-8-10-16(18)11-9-15;1-2/h4-11,17,19H,3,12H2,1-2H3;1-2H3. The fourth-order valence-corrected chi connectivity index (χ4v) is 2.44. The van der Waals surface area contributed by atoms with E-state index < -0.39 is 0 Å². The van der Waals surface area contributed by atoms with Crippen molar-refractivity contribution >= 4 is 11.6 Å². The van der Waals surface area contributed by atoms with E-state index in [0.717, 1.165) is 18.0 Å². The molecule has 0 radical (unpaired) electrons. The summed E-state index contributed by atoms with van der Waals surface area (Å²) in [6.45, 7) is 7.10. The summed E-state index contributed by atoms with van der Waals surface area (Å²) in [6, 6.07) is 17.0. The van der Waals surface area contributed by atoms with Crippen LogP contribution in [0.4, 0.5) is 0 Å². The maximum Gasteiger partial charge on any atom is 0.0406 e. The summed E-state index contributed by atoms with van der Waals surface area (Å²) in [4.78, 5) is 0. The predicted molar refractivity (Wildman–Crippen MR) is 94.4 cm³/mol. The molecule has 0 aromatic heterocycles. The first-order valence-corrected chi connectivity index (χ1v) is 8.11. The number of halogens is 1. The van der Waals surface area contributed by atoms with E-state index in [2.05, 4.69) is 48.6 Å². The molecule has 1 nitrogen and oxygen atoms in total. The van der Waals surface area contributed by atoms with Crippen molar-refractivity contribution in [2.24, 2.45) is 0 Å². The maximum atomic E-state index is 5.96. The van der Waals surface area contributed by atoms with Crippen LogP contribution < -0.4 is 5.32 Å². The summed E-state index contributed by atoms with van der Waals surface area (Å²) < 4.78 is 0. The summed E-state index contributed by atoms with van der Waals surface area (Å²) in [5.41, 5.74) is 4.01. The lowest BCUT2D eigenvalue weighted by Gasteiger charge is -2.18. The molecule has 0 amide bonds. The number of nitrogens with one attached hydrogen (secondary N) is 1. The van der Waals surface area contributed by atoms with Crippen molar-refractivity contribution in [1.29, 1.82) is 0 Å². The Morgan fingerprint density at radius 3 is 1.81 bits per heavy atom. The Morgan fingerprint density at radius 1 is 0.905 bits per heavy atom. The van der Waals surface area contributed by atoms with E-state index >= 15 is 0 Å². The average Bonchev–Trinajstić information content (AvgIpc) is 2.56. The molecule has 0 aliphatic rings. The summed E-state index contributed by atoms with van der Waals surface area (Å²) in [5, 5.41) is 4.06. The van der Waals surface area contributed by atoms with E-state index in [9.17, 15) is 0 Å². The molecule has 1 N–H and O–H groups in total. The van der Waals surface area contributed by atoms with Crippen LogP contribution in [0.1, 0.15) is 43.4 Å². The highest BCUT2D eigenvalue weighted by molar-refractivity contribution is 6.30. The van der Waals surface area contributed by atoms with Gasteiger partial charge in [-0.15, -0.1) is 0 Å². The Bertz CT molecular complexity index is 502. The molecule has 0 aliphatic heterocycles. The Labute approximate surface area is 134 Å². The van der Waals surface area contributed by atoms with E-state index in [0.29, 0.717) is 5.92 Å². The van der Waals surface area contributed by atoms with Gasteiger partial charge < -0.3 is 5.32 Å². The zero-order chi connectivity index (χ0) is 15.7. The van der Waals surface area contributed by atoms with E-state index in [4.69, 9.17) is 11.6 Å². The maximum absolute atomic E-state index is 5.96. The van der Waals surface area contributed by atoms with Crippen LogP contribution in [0.15, 0.2) is 48.5 Å². The summed E-state index contributed by atoms with van der Waals surface area (Å²) >= 11 is 5.96. The highest BCUT2D eigenvalue weighted by atomic mass is 35.5. The first-order chi connectivity index (χ1) is 10.2. The zero-order valence-corrected chi connectivity index (χ0v) is 14.2. The topological polar surface area (TPSA) is 12.0 Å². The molecule has 114 valence electrons. The van der Waals surface area contributed by atoms with Gasteiger partial charge in [-0.25, -0.2) is 0 Å². The van der Waals surface area contributed by atoms with Crippen LogP contribution in [-0.2, 0) is 6.42 Å². The molecule has 0 saturated heterocycles. The van der Waals surface area contributed by atoms with Gasteiger partial charge in [0.2, 0.25) is 0 Å². The number of hydrogen-bond donors (Lipinski definition) is 1. The summed E-state index contributed by atoms with van der Waals surface area (Å²) in [6.07, 6.45) is 1.08. The number of likely N-dealkylation sites (N-methyl/N-ethyl adjacent to an activating group) is 1. The molecular formula is C19H26ClN. The molecule has 1 atom stereocenters. The van der Waals surface area contributed by atoms with Gasteiger partial charge in [-0.3, -0.25) is 0 Å². The third-order valence-corrected chi connectivity index (χ3v) is 3.72. The second-order valence-corrected chi connectivity index (χ2v) is 5.19. The van der Waals surface area contributed by atoms with E-state index in [-0.39, 0.29) is 0 Å². The highest BCUT2D eigenvalue weighted by Crippen LogP contribution is 2.25. The van der Waals surface area contributed by atoms with E-state index in [1.165, 1.54) is 16.7 Å². The van der Waals surface area contributed by atoms with Gasteiger partial charge in [0.15, 0.2) is 0 Å². The zero-order valence-electron chi connectivity index (χ0n) is 13.5. The van der Waals surface area contributed by atoms with Gasteiger partial charge in [0, 0.05) is 17.5 Å². The van der Waals surface area contributed by atoms with E-state index in [1.807, 2.05) is 33.0 Å². The molecule has 0 fully saturated rings. The number of aryl methyl sites for hydroxylation is 1. The van der Waals surface area contributed by atoms with Gasteiger partial charge in [-0.05, 0) is 42.3 Å². The Balaban J connectivity index is 0.00000106. The minimum Gasteiger partial charge on any atom is -0.319 e. The second-order valence-electron chi connectivity index (χ2n) is 4.76. The Kier molecular flexibility index (Phi) is 8.11. The van der Waals surface area contributed by atoms with Crippen LogP contribution >= 0.6 is 11.6 Å². The van der Waals surface area contributed by atoms with Crippen molar-refractivity contribution in [3.8, 4) is 0 Å². The molecule has 21 heavy (non-hydrogen) atoms. The van der Waals surface area contributed by atoms with Crippen molar-refractivity contribution in [3.05, 3.63) is 70.2 Å². The van der Waals surface area contributed by atoms with Crippen LogP contribution in [0.5, 0.6) is 0 Å². The second kappa shape index (κ2) is 9.59. The molecule has 0 aliphatic carbocycles. The minimum absolute atomic E-state index is 0.369. The summed E-state index contributed by atoms with van der Waals surface area (Å²) in [7, 11) is 1.99. The van der Waals surface area contributed by atoms with Gasteiger partial charge in [0.05, 0.1) is 0 Å². The predicted octanol–water partition coefficient (Wildman–Crippen LogP) is 5.28. The smallest absolute Gasteiger partial charge is 0.0406 e. The molecule has 0 heterocycles. The van der Waals surface area contributed by atoms with Gasteiger partial charge in [0.1, 0.15) is 0 Å². The van der Waals surface area contributed by atoms with Gasteiger partial charge in [-0.2, -0.15) is 0 Å². The van der Waals surface area contributed by atoms with Gasteiger partial charge >= 0.3 is 0 Å². The lowest BCUT2D eigenvalue weighted by atomic mass is 9.90. The first kappa shape index (κ1) is 17.7. The summed E-state index contributed by atoms with van der Waals surface area (Å²) in [5.74, 6) is 0.369. The van der Waals surface area contributed by atoms with Crippen LogP contribution in [0, 0.1) is 0 Å². The van der Waals surface area contributed by atoms with Crippen molar-refractivity contribution in [3.63, 3.8) is 0 Å². The molecule has 2 rings (SSSR count). The molecule has 0 saturated carbocycles. The Hall–Kier alpha value is -1.31.